The Morgan fingerprint density at radius 3 is 1.92 bits per heavy atom. The van der Waals surface area contributed by atoms with Crippen LogP contribution >= 0.6 is 0 Å². The van der Waals surface area contributed by atoms with Crippen LogP contribution < -0.4 is 31.3 Å². The monoisotopic (exact) mass is 1030 g/mol. The van der Waals surface area contributed by atoms with E-state index in [1.807, 2.05) is 0 Å². The number of rotatable bonds is 15. The number of ketones is 3. The van der Waals surface area contributed by atoms with Gasteiger partial charge < -0.3 is 74.9 Å². The van der Waals surface area contributed by atoms with E-state index in [9.17, 15) is 54.0 Å². The normalized spacial score (nSPS) is 20.8. The lowest BCUT2D eigenvalue weighted by atomic mass is 9.72. The van der Waals surface area contributed by atoms with Crippen molar-refractivity contribution in [3.8, 4) is 17.2 Å². The van der Waals surface area contributed by atoms with Gasteiger partial charge >= 0.3 is 0 Å². The molecule has 75 heavy (non-hydrogen) atoms. The van der Waals surface area contributed by atoms with Crippen LogP contribution in [0.15, 0.2) is 79.3 Å². The topological polar surface area (TPSA) is 303 Å². The van der Waals surface area contributed by atoms with Crippen LogP contribution in [0.4, 0.5) is 22.7 Å². The van der Waals surface area contributed by atoms with Gasteiger partial charge in [-0.15, -0.1) is 0 Å². The maximum atomic E-state index is 14.1. The number of nitrogens with zero attached hydrogens (tertiary/aromatic N) is 3. The van der Waals surface area contributed by atoms with Crippen molar-refractivity contribution in [3.63, 3.8) is 0 Å². The van der Waals surface area contributed by atoms with Gasteiger partial charge in [0.25, 0.3) is 17.7 Å². The summed E-state index contributed by atoms with van der Waals surface area (Å²) in [6.45, 7) is 3.05. The molecule has 1 fully saturated rings. The van der Waals surface area contributed by atoms with E-state index in [-0.39, 0.29) is 58.1 Å². The number of aliphatic hydroxyl groups excluding tert-OH is 1. The number of hydrogen-bond acceptors (Lipinski definition) is 15. The zero-order valence-electron chi connectivity index (χ0n) is 41.5. The quantitative estimate of drug-likeness (QED) is 0.0514. The van der Waals surface area contributed by atoms with Crippen molar-refractivity contribution in [2.75, 3.05) is 28.4 Å². The van der Waals surface area contributed by atoms with Gasteiger partial charge in [0.2, 0.25) is 12.2 Å². The molecule has 1 saturated heterocycles. The van der Waals surface area contributed by atoms with Crippen molar-refractivity contribution in [3.05, 3.63) is 135 Å². The number of fused-ring (bicyclic) bond motifs is 3. The molecule has 6 aromatic rings. The number of aliphatic hydroxyl groups is 2. The fourth-order valence-electron chi connectivity index (χ4n) is 10.0. The fourth-order valence-corrected chi connectivity index (χ4v) is 10.0. The largest absolute Gasteiger partial charge is 0.507 e. The molecule has 0 saturated carbocycles. The van der Waals surface area contributed by atoms with Crippen LogP contribution in [0, 0.1) is 0 Å². The van der Waals surface area contributed by atoms with Gasteiger partial charge in [-0.25, -0.2) is 0 Å². The van der Waals surface area contributed by atoms with Gasteiger partial charge in [-0.05, 0) is 55.8 Å². The molecule has 0 bridgehead atoms. The summed E-state index contributed by atoms with van der Waals surface area (Å²) in [6.07, 6.45) is 0.118. The summed E-state index contributed by atoms with van der Waals surface area (Å²) in [6, 6.07) is 15.2. The predicted molar refractivity (Wildman–Crippen MR) is 269 cm³/mol. The number of Topliss-reactive ketones (excluding diaryl/α,β-unsaturated/α-hetero) is 1. The van der Waals surface area contributed by atoms with Crippen LogP contribution in [0.25, 0.3) is 0 Å². The minimum absolute atomic E-state index is 0.0335. The average molecular weight is 1030 g/mol. The molecule has 0 spiro atoms. The smallest absolute Gasteiger partial charge is 0.272 e. The number of phenolic OH excluding ortho intramolecular Hbond substituents is 2. The number of methoxy groups -OCH3 is 1. The summed E-state index contributed by atoms with van der Waals surface area (Å²) in [5.41, 5.74) is -0.271. The molecule has 4 heterocycles. The molecule has 6 atom stereocenters. The molecule has 22 nitrogen and oxygen atoms in total. The number of phenols is 2. The molecule has 3 aromatic carbocycles. The molecule has 9 N–H and O–H groups in total. The van der Waals surface area contributed by atoms with E-state index in [0.29, 0.717) is 29.2 Å². The average Bonchev–Trinajstić information content (AvgIpc) is 4.06. The number of anilines is 4. The second-order valence-electron chi connectivity index (χ2n) is 19.0. The van der Waals surface area contributed by atoms with E-state index in [1.165, 1.54) is 50.4 Å². The Morgan fingerprint density at radius 1 is 0.787 bits per heavy atom. The van der Waals surface area contributed by atoms with Crippen LogP contribution in [-0.4, -0.2) is 113 Å². The minimum Gasteiger partial charge on any atom is -0.507 e. The van der Waals surface area contributed by atoms with Crippen LogP contribution in [0.5, 0.6) is 17.2 Å². The van der Waals surface area contributed by atoms with Gasteiger partial charge in [0.1, 0.15) is 39.9 Å². The zero-order chi connectivity index (χ0) is 53.8. The first-order valence-electron chi connectivity index (χ1n) is 23.7. The number of nitrogens with one attached hydrogen (secondary N) is 5. The number of aromatic hydroxyl groups is 2. The van der Waals surface area contributed by atoms with Crippen LogP contribution in [0.2, 0.25) is 0 Å². The first kappa shape index (κ1) is 51.5. The molecule has 390 valence electrons. The molecular weight excluding hydrogens is 973 g/mol. The molecule has 3 aromatic heterocycles. The number of aromatic nitrogens is 3. The first-order valence-corrected chi connectivity index (χ1v) is 23.7. The van der Waals surface area contributed by atoms with E-state index in [1.54, 1.807) is 84.6 Å². The highest BCUT2D eigenvalue weighted by Crippen LogP contribution is 2.52. The maximum Gasteiger partial charge on any atom is 0.272 e. The van der Waals surface area contributed by atoms with Crippen molar-refractivity contribution in [2.45, 2.75) is 75.9 Å². The Kier molecular flexibility index (Phi) is 13.8. The number of aryl methyl sites for hydroxylation is 3. The minimum atomic E-state index is -2.10. The second-order valence-corrected chi connectivity index (χ2v) is 19.0. The summed E-state index contributed by atoms with van der Waals surface area (Å²) in [4.78, 5) is 91.5. The summed E-state index contributed by atoms with van der Waals surface area (Å²) in [5, 5.41) is 60.7. The molecule has 3 aliphatic rings. The maximum absolute atomic E-state index is 14.1. The van der Waals surface area contributed by atoms with Crippen LogP contribution in [0.3, 0.4) is 0 Å². The summed E-state index contributed by atoms with van der Waals surface area (Å²) >= 11 is 0. The van der Waals surface area contributed by atoms with Crippen molar-refractivity contribution in [1.82, 2.24) is 19.0 Å². The molecular formula is C53H54N8O14. The highest BCUT2D eigenvalue weighted by atomic mass is 16.7. The van der Waals surface area contributed by atoms with Crippen molar-refractivity contribution >= 4 is 64.2 Å². The Bertz CT molecular complexity index is 3340. The van der Waals surface area contributed by atoms with Crippen molar-refractivity contribution in [1.29, 1.82) is 0 Å². The molecule has 22 heteroatoms. The second kappa shape index (κ2) is 20.1. The molecule has 1 aliphatic heterocycles. The summed E-state index contributed by atoms with van der Waals surface area (Å²) in [5.74, 6) is -4.85. The summed E-state index contributed by atoms with van der Waals surface area (Å²) in [7, 11) is 6.28. The van der Waals surface area contributed by atoms with Gasteiger partial charge in [0.05, 0.1) is 59.2 Å². The standard InChI is InChI=1S/C53H54N8O14/c1-25-45(64)34(17-40(74-25)75-39-19-53(72,26(2)63)18-33-42(39)49(68)44-43(47(33)66)46(65)32-8-7-9-38(73-6)41(32)48(44)67)54-20-27-10-12-28(13-11-27)56-50(69)36-15-30(22-60(36)4)58-52(71)37-16-31(23-61(37)5)57-51(70)35-14-29(55-24-62)21-59(35)3/h7-16,21-25,34,39-40,45,54,64,66,68,72H,17-20H2,1-6H3,(H,55,62)(H,56,69)(H,57,70)(H,58,71)/t25?,34?,39-,40?,45?,53-/m1/s1. The van der Waals surface area contributed by atoms with Crippen molar-refractivity contribution < 1.29 is 68.2 Å². The Morgan fingerprint density at radius 2 is 1.35 bits per heavy atom. The SMILES string of the molecule is COc1cccc2c1C(=O)c1c(O)c3c(c(O)c1C2=O)C[C@](O)(C(C)=O)C[C@H]3OC1CC(NCc2ccc(NC(=O)c3cc(NC(=O)c4cc(NC(=O)c5cc(NC=O)cn5C)cn4C)cn3C)cc2)C(O)C(C)O1. The number of carbonyl (C=O) groups is 7. The first-order chi connectivity index (χ1) is 35.7. The lowest BCUT2D eigenvalue weighted by Crippen LogP contribution is -2.54. The Hall–Kier alpha value is -8.41. The van der Waals surface area contributed by atoms with Gasteiger partial charge in [0, 0.05) is 94.0 Å². The third kappa shape index (κ3) is 9.67. The Balaban J connectivity index is 0.834. The van der Waals surface area contributed by atoms with Crippen molar-refractivity contribution in [2.24, 2.45) is 21.1 Å². The van der Waals surface area contributed by atoms with E-state index >= 15 is 0 Å². The number of ether oxygens (including phenoxy) is 3. The van der Waals surface area contributed by atoms with Crippen LogP contribution in [-0.2, 0) is 53.2 Å². The molecule has 2 aliphatic carbocycles. The molecule has 0 radical (unpaired) electrons. The van der Waals surface area contributed by atoms with Crippen LogP contribution in [0.1, 0.15) is 113 Å². The van der Waals surface area contributed by atoms with Gasteiger partial charge in [-0.1, -0.05) is 24.3 Å². The third-order valence-corrected chi connectivity index (χ3v) is 14.0. The van der Waals surface area contributed by atoms with E-state index in [2.05, 4.69) is 26.6 Å². The number of amides is 4. The van der Waals surface area contributed by atoms with E-state index in [0.717, 1.165) is 5.56 Å². The highest BCUT2D eigenvalue weighted by Gasteiger charge is 2.49. The highest BCUT2D eigenvalue weighted by molar-refractivity contribution is 6.31. The predicted octanol–water partition coefficient (Wildman–Crippen LogP) is 4.20. The molecule has 9 rings (SSSR count). The lowest BCUT2D eigenvalue weighted by Gasteiger charge is -2.43. The van der Waals surface area contributed by atoms with E-state index in [4.69, 9.17) is 14.2 Å². The Labute approximate surface area is 428 Å². The fraction of sp³-hybridized carbons (Fsp3) is 0.302. The number of hydrogen-bond donors (Lipinski definition) is 9. The summed E-state index contributed by atoms with van der Waals surface area (Å²) < 4.78 is 22.5. The van der Waals surface area contributed by atoms with Gasteiger partial charge in [0.15, 0.2) is 17.9 Å². The number of benzene rings is 3. The molecule has 4 unspecified atom stereocenters. The third-order valence-electron chi connectivity index (χ3n) is 14.0. The lowest BCUT2D eigenvalue weighted by molar-refractivity contribution is -0.249. The van der Waals surface area contributed by atoms with E-state index < -0.39 is 107 Å². The zero-order valence-corrected chi connectivity index (χ0v) is 41.5. The molecule has 4 amide bonds. The number of carbonyl (C=O) groups excluding carboxylic acids is 7. The van der Waals surface area contributed by atoms with Gasteiger partial charge in [-0.2, -0.15) is 0 Å². The van der Waals surface area contributed by atoms with Gasteiger partial charge in [-0.3, -0.25) is 33.6 Å².